The van der Waals surface area contributed by atoms with Crippen molar-refractivity contribution in [1.82, 2.24) is 10.2 Å². The quantitative estimate of drug-likeness (QED) is 0.900. The number of hydrogen-bond donors (Lipinski definition) is 1. The van der Waals surface area contributed by atoms with E-state index in [0.29, 0.717) is 12.0 Å². The van der Waals surface area contributed by atoms with Crippen LogP contribution in [0.3, 0.4) is 0 Å². The van der Waals surface area contributed by atoms with Gasteiger partial charge in [0.2, 0.25) is 5.88 Å². The van der Waals surface area contributed by atoms with E-state index in [9.17, 15) is 18.0 Å². The lowest BCUT2D eigenvalue weighted by atomic mass is 10.1. The summed E-state index contributed by atoms with van der Waals surface area (Å²) in [5.41, 5.74) is 0.287. The first kappa shape index (κ1) is 14.2. The highest BCUT2D eigenvalue weighted by atomic mass is 19.4. The molecular formula is C10H11F3N2O3. The Morgan fingerprint density at radius 2 is 2.00 bits per heavy atom. The van der Waals surface area contributed by atoms with E-state index in [0.717, 1.165) is 0 Å². The molecule has 1 heterocycles. The van der Waals surface area contributed by atoms with Gasteiger partial charge < -0.3 is 9.84 Å². The maximum atomic E-state index is 12.0. The van der Waals surface area contributed by atoms with Crippen LogP contribution in [0.4, 0.5) is 13.2 Å². The molecule has 0 bridgehead atoms. The highest BCUT2D eigenvalue weighted by molar-refractivity contribution is 5.87. The summed E-state index contributed by atoms with van der Waals surface area (Å²) in [6.45, 7) is 1.63. The van der Waals surface area contributed by atoms with E-state index < -0.39 is 18.8 Å². The van der Waals surface area contributed by atoms with Crippen LogP contribution in [0.1, 0.15) is 28.5 Å². The zero-order chi connectivity index (χ0) is 13.9. The molecule has 1 aromatic rings. The number of alkyl halides is 3. The predicted octanol–water partition coefficient (Wildman–Crippen LogP) is 1.99. The number of carboxylic acids is 1. The Bertz CT molecular complexity index is 460. The molecule has 0 aliphatic heterocycles. The summed E-state index contributed by atoms with van der Waals surface area (Å²) in [5.74, 6) is -1.56. The fourth-order valence-corrected chi connectivity index (χ4v) is 1.42. The number of carboxylic acid groups (broad SMARTS) is 1. The lowest BCUT2D eigenvalue weighted by molar-refractivity contribution is -0.154. The molecule has 0 aromatic carbocycles. The van der Waals surface area contributed by atoms with Gasteiger partial charge in [0.05, 0.1) is 0 Å². The number of aromatic nitrogens is 2. The zero-order valence-electron chi connectivity index (χ0n) is 9.71. The minimum atomic E-state index is -4.48. The van der Waals surface area contributed by atoms with Crippen molar-refractivity contribution in [1.29, 1.82) is 0 Å². The normalized spacial score (nSPS) is 11.4. The van der Waals surface area contributed by atoms with Crippen LogP contribution in [0.15, 0.2) is 0 Å². The molecule has 0 unspecified atom stereocenters. The lowest BCUT2D eigenvalue weighted by Crippen LogP contribution is -2.21. The molecule has 0 aliphatic carbocycles. The van der Waals surface area contributed by atoms with Gasteiger partial charge in [-0.15, -0.1) is 10.2 Å². The second-order valence-electron chi connectivity index (χ2n) is 3.52. The first-order valence-electron chi connectivity index (χ1n) is 5.05. The lowest BCUT2D eigenvalue weighted by Gasteiger charge is -2.13. The largest absolute Gasteiger partial charge is 0.476 e. The predicted molar refractivity (Wildman–Crippen MR) is 54.7 cm³/mol. The first-order chi connectivity index (χ1) is 8.26. The van der Waals surface area contributed by atoms with Crippen molar-refractivity contribution >= 4 is 5.97 Å². The fraction of sp³-hybridized carbons (Fsp3) is 0.500. The molecule has 0 fully saturated rings. The minimum absolute atomic E-state index is 0.261. The molecule has 1 rings (SSSR count). The van der Waals surface area contributed by atoms with Crippen molar-refractivity contribution in [3.05, 3.63) is 16.8 Å². The Balaban J connectivity index is 3.07. The van der Waals surface area contributed by atoms with Gasteiger partial charge in [0, 0.05) is 5.56 Å². The van der Waals surface area contributed by atoms with Crippen molar-refractivity contribution < 1.29 is 27.8 Å². The van der Waals surface area contributed by atoms with Crippen LogP contribution in [0.5, 0.6) is 5.88 Å². The van der Waals surface area contributed by atoms with Crippen molar-refractivity contribution in [2.45, 2.75) is 26.4 Å². The summed E-state index contributed by atoms with van der Waals surface area (Å²) in [4.78, 5) is 10.8. The number of halogens is 3. The van der Waals surface area contributed by atoms with Crippen LogP contribution in [-0.4, -0.2) is 34.1 Å². The highest BCUT2D eigenvalue weighted by Gasteiger charge is 2.29. The van der Waals surface area contributed by atoms with Crippen LogP contribution in [0, 0.1) is 6.92 Å². The third kappa shape index (κ3) is 3.31. The summed E-state index contributed by atoms with van der Waals surface area (Å²) in [6, 6.07) is 0. The van der Waals surface area contributed by atoms with Gasteiger partial charge in [-0.1, -0.05) is 6.92 Å². The van der Waals surface area contributed by atoms with Gasteiger partial charge in [-0.05, 0) is 18.9 Å². The molecule has 0 atom stereocenters. The van der Waals surface area contributed by atoms with Crippen LogP contribution in [0.25, 0.3) is 0 Å². The fourth-order valence-electron chi connectivity index (χ4n) is 1.42. The molecule has 8 heteroatoms. The molecule has 0 amide bonds. The average Bonchev–Trinajstić information content (AvgIpc) is 2.24. The number of nitrogens with zero attached hydrogens (tertiary/aromatic N) is 2. The number of ether oxygens (including phenoxy) is 1. The van der Waals surface area contributed by atoms with Gasteiger partial charge >= 0.3 is 12.1 Å². The molecule has 0 spiro atoms. The summed E-state index contributed by atoms with van der Waals surface area (Å²) < 4.78 is 40.6. The third-order valence-electron chi connectivity index (χ3n) is 2.24. The van der Waals surface area contributed by atoms with Crippen LogP contribution < -0.4 is 4.74 Å². The van der Waals surface area contributed by atoms with E-state index in [1.807, 2.05) is 0 Å². The molecule has 0 saturated heterocycles. The standard InChI is InChI=1S/C10H11F3N2O3/c1-3-6-5(2)7(9(16)17)14-15-8(6)18-4-10(11,12)13/h3-4H2,1-2H3,(H,16,17). The van der Waals surface area contributed by atoms with Gasteiger partial charge in [0.25, 0.3) is 0 Å². The van der Waals surface area contributed by atoms with E-state index in [4.69, 9.17) is 5.11 Å². The maximum absolute atomic E-state index is 12.0. The molecule has 1 N–H and O–H groups in total. The topological polar surface area (TPSA) is 72.3 Å². The van der Waals surface area contributed by atoms with Gasteiger partial charge in [0.1, 0.15) is 0 Å². The number of rotatable bonds is 4. The molecule has 5 nitrogen and oxygen atoms in total. The van der Waals surface area contributed by atoms with Gasteiger partial charge in [-0.25, -0.2) is 4.79 Å². The second kappa shape index (κ2) is 5.19. The number of carbonyl (C=O) groups is 1. The molecule has 18 heavy (non-hydrogen) atoms. The molecule has 0 radical (unpaired) electrons. The molecule has 0 aliphatic rings. The summed E-state index contributed by atoms with van der Waals surface area (Å²) in [7, 11) is 0. The van der Waals surface area contributed by atoms with Crippen LogP contribution >= 0.6 is 0 Å². The average molecular weight is 264 g/mol. The summed E-state index contributed by atoms with van der Waals surface area (Å²) >= 11 is 0. The Morgan fingerprint density at radius 3 is 2.44 bits per heavy atom. The Kier molecular flexibility index (Phi) is 4.10. The van der Waals surface area contributed by atoms with Crippen LogP contribution in [-0.2, 0) is 6.42 Å². The van der Waals surface area contributed by atoms with Gasteiger partial charge in [-0.2, -0.15) is 13.2 Å². The summed E-state index contributed by atoms with van der Waals surface area (Å²) in [5, 5.41) is 15.5. The molecule has 1 aromatic heterocycles. The number of hydrogen-bond acceptors (Lipinski definition) is 4. The number of aromatic carboxylic acids is 1. The monoisotopic (exact) mass is 264 g/mol. The zero-order valence-corrected chi connectivity index (χ0v) is 9.71. The Hall–Kier alpha value is -1.86. The smallest absolute Gasteiger partial charge is 0.422 e. The van der Waals surface area contributed by atoms with E-state index in [1.54, 1.807) is 6.92 Å². The third-order valence-corrected chi connectivity index (χ3v) is 2.24. The summed E-state index contributed by atoms with van der Waals surface area (Å²) in [6.07, 6.45) is -4.18. The maximum Gasteiger partial charge on any atom is 0.422 e. The first-order valence-corrected chi connectivity index (χ1v) is 5.05. The van der Waals surface area contributed by atoms with Gasteiger partial charge in [-0.3, -0.25) is 0 Å². The molecular weight excluding hydrogens is 253 g/mol. The minimum Gasteiger partial charge on any atom is -0.476 e. The SMILES string of the molecule is CCc1c(OCC(F)(F)F)nnc(C(=O)O)c1C. The molecule has 0 saturated carbocycles. The van der Waals surface area contributed by atoms with Crippen molar-refractivity contribution in [2.75, 3.05) is 6.61 Å². The van der Waals surface area contributed by atoms with Crippen molar-refractivity contribution in [3.63, 3.8) is 0 Å². The highest BCUT2D eigenvalue weighted by Crippen LogP contribution is 2.23. The Labute approximate surface area is 101 Å². The Morgan fingerprint density at radius 1 is 1.39 bits per heavy atom. The van der Waals surface area contributed by atoms with E-state index in [-0.39, 0.29) is 17.1 Å². The second-order valence-corrected chi connectivity index (χ2v) is 3.52. The van der Waals surface area contributed by atoms with Gasteiger partial charge in [0.15, 0.2) is 12.3 Å². The van der Waals surface area contributed by atoms with Crippen molar-refractivity contribution in [2.24, 2.45) is 0 Å². The van der Waals surface area contributed by atoms with Crippen LogP contribution in [0.2, 0.25) is 0 Å². The van der Waals surface area contributed by atoms with Crippen molar-refractivity contribution in [3.8, 4) is 5.88 Å². The molecule has 100 valence electrons. The van der Waals surface area contributed by atoms with E-state index in [1.165, 1.54) is 6.92 Å². The van der Waals surface area contributed by atoms with E-state index in [2.05, 4.69) is 14.9 Å². The van der Waals surface area contributed by atoms with E-state index >= 15 is 0 Å².